The van der Waals surface area contributed by atoms with Crippen LogP contribution in [0.3, 0.4) is 0 Å². The maximum atomic E-state index is 13.3. The van der Waals surface area contributed by atoms with Crippen molar-refractivity contribution in [3.8, 4) is 5.75 Å². The van der Waals surface area contributed by atoms with Gasteiger partial charge in [0.2, 0.25) is 0 Å². The smallest absolute Gasteiger partial charge is 0.278 e. The highest BCUT2D eigenvalue weighted by Gasteiger charge is 2.39. The molecule has 0 radical (unpaired) electrons. The SMILES string of the molecule is COc1ccc(NC2=C(c3ccc([N+](=O)[O-])cc3)C(=O)N(Cc3ccccn3)C2=O)cc1Cl. The van der Waals surface area contributed by atoms with Gasteiger partial charge in [-0.15, -0.1) is 0 Å². The monoisotopic (exact) mass is 464 g/mol. The number of nitro benzene ring substituents is 1. The summed E-state index contributed by atoms with van der Waals surface area (Å²) >= 11 is 6.20. The minimum Gasteiger partial charge on any atom is -0.495 e. The lowest BCUT2D eigenvalue weighted by Gasteiger charge is -2.15. The Kier molecular flexibility index (Phi) is 6.05. The van der Waals surface area contributed by atoms with Crippen LogP contribution in [0.15, 0.2) is 72.6 Å². The predicted octanol–water partition coefficient (Wildman–Crippen LogP) is 4.04. The number of nitrogens with zero attached hydrogens (tertiary/aromatic N) is 3. The first kappa shape index (κ1) is 22.0. The lowest BCUT2D eigenvalue weighted by Crippen LogP contribution is -2.32. The van der Waals surface area contributed by atoms with E-state index in [0.717, 1.165) is 4.90 Å². The number of pyridine rings is 1. The van der Waals surface area contributed by atoms with E-state index in [0.29, 0.717) is 27.7 Å². The first-order valence-electron chi connectivity index (χ1n) is 9.75. The molecule has 2 amide bonds. The molecule has 10 heteroatoms. The predicted molar refractivity (Wildman–Crippen MR) is 121 cm³/mol. The number of benzene rings is 2. The Bertz CT molecular complexity index is 1280. The number of halogens is 1. The maximum absolute atomic E-state index is 13.3. The molecule has 166 valence electrons. The molecule has 0 saturated carbocycles. The fourth-order valence-electron chi connectivity index (χ4n) is 3.40. The summed E-state index contributed by atoms with van der Waals surface area (Å²) in [5, 5.41) is 14.3. The number of hydrogen-bond donors (Lipinski definition) is 1. The van der Waals surface area contributed by atoms with Crippen LogP contribution in [0.5, 0.6) is 5.75 Å². The molecular formula is C23H17ClN4O5. The fraction of sp³-hybridized carbons (Fsp3) is 0.0870. The molecule has 0 bridgehead atoms. The fourth-order valence-corrected chi connectivity index (χ4v) is 3.65. The molecule has 1 aliphatic heterocycles. The Morgan fingerprint density at radius 1 is 1.09 bits per heavy atom. The van der Waals surface area contributed by atoms with Crippen molar-refractivity contribution in [2.24, 2.45) is 0 Å². The lowest BCUT2D eigenvalue weighted by atomic mass is 10.0. The van der Waals surface area contributed by atoms with Crippen molar-refractivity contribution >= 4 is 40.4 Å². The van der Waals surface area contributed by atoms with Gasteiger partial charge in [0, 0.05) is 24.0 Å². The summed E-state index contributed by atoms with van der Waals surface area (Å²) in [5.41, 5.74) is 1.37. The summed E-state index contributed by atoms with van der Waals surface area (Å²) in [6.07, 6.45) is 1.57. The summed E-state index contributed by atoms with van der Waals surface area (Å²) in [4.78, 5) is 42.3. The molecule has 0 spiro atoms. The van der Waals surface area contributed by atoms with Crippen LogP contribution < -0.4 is 10.1 Å². The van der Waals surface area contributed by atoms with Crippen LogP contribution in [0, 0.1) is 10.1 Å². The van der Waals surface area contributed by atoms with E-state index in [9.17, 15) is 19.7 Å². The normalized spacial score (nSPS) is 13.5. The molecule has 4 rings (SSSR count). The number of anilines is 1. The molecule has 1 aromatic heterocycles. The largest absolute Gasteiger partial charge is 0.495 e. The van der Waals surface area contributed by atoms with Gasteiger partial charge >= 0.3 is 0 Å². The Labute approximate surface area is 193 Å². The summed E-state index contributed by atoms with van der Waals surface area (Å²) in [7, 11) is 1.48. The second-order valence-electron chi connectivity index (χ2n) is 7.05. The molecule has 0 saturated heterocycles. The Balaban J connectivity index is 1.75. The number of carbonyl (C=O) groups excluding carboxylic acids is 2. The second kappa shape index (κ2) is 9.09. The third-order valence-corrected chi connectivity index (χ3v) is 5.30. The number of non-ortho nitro benzene ring substituents is 1. The van der Waals surface area contributed by atoms with Gasteiger partial charge in [-0.1, -0.05) is 17.7 Å². The summed E-state index contributed by atoms with van der Waals surface area (Å²) in [5.74, 6) is -0.634. The van der Waals surface area contributed by atoms with Crippen LogP contribution in [0.4, 0.5) is 11.4 Å². The van der Waals surface area contributed by atoms with Gasteiger partial charge in [0.15, 0.2) is 0 Å². The van der Waals surface area contributed by atoms with Crippen molar-refractivity contribution in [2.75, 3.05) is 12.4 Å². The third-order valence-electron chi connectivity index (χ3n) is 5.00. The third kappa shape index (κ3) is 4.39. The Morgan fingerprint density at radius 3 is 2.45 bits per heavy atom. The van der Waals surface area contributed by atoms with Gasteiger partial charge in [-0.05, 0) is 48.0 Å². The van der Waals surface area contributed by atoms with Crippen molar-refractivity contribution in [3.63, 3.8) is 0 Å². The number of imide groups is 1. The molecule has 2 aromatic carbocycles. The van der Waals surface area contributed by atoms with E-state index < -0.39 is 16.7 Å². The number of amides is 2. The molecule has 0 unspecified atom stereocenters. The quantitative estimate of drug-likeness (QED) is 0.318. The van der Waals surface area contributed by atoms with E-state index in [2.05, 4.69) is 10.3 Å². The average Bonchev–Trinajstić information content (AvgIpc) is 3.04. The highest BCUT2D eigenvalue weighted by atomic mass is 35.5. The zero-order valence-electron chi connectivity index (χ0n) is 17.3. The van der Waals surface area contributed by atoms with Gasteiger partial charge in [0.1, 0.15) is 11.4 Å². The zero-order chi connectivity index (χ0) is 23.5. The zero-order valence-corrected chi connectivity index (χ0v) is 18.1. The average molecular weight is 465 g/mol. The van der Waals surface area contributed by atoms with E-state index >= 15 is 0 Å². The van der Waals surface area contributed by atoms with Crippen molar-refractivity contribution in [1.29, 1.82) is 0 Å². The van der Waals surface area contributed by atoms with Gasteiger partial charge in [0.25, 0.3) is 17.5 Å². The number of ether oxygens (including phenoxy) is 1. The van der Waals surface area contributed by atoms with Gasteiger partial charge < -0.3 is 10.1 Å². The van der Waals surface area contributed by atoms with Crippen LogP contribution >= 0.6 is 11.6 Å². The topological polar surface area (TPSA) is 115 Å². The van der Waals surface area contributed by atoms with Crippen LogP contribution in [-0.4, -0.2) is 33.7 Å². The van der Waals surface area contributed by atoms with Crippen LogP contribution in [0.25, 0.3) is 5.57 Å². The standard InChI is InChI=1S/C23H17ClN4O5/c1-33-19-10-7-15(12-18(19)24)26-21-20(14-5-8-17(9-6-14)28(31)32)22(29)27(23(21)30)13-16-4-2-3-11-25-16/h2-12,26H,13H2,1H3. The summed E-state index contributed by atoms with van der Waals surface area (Å²) in [6, 6.07) is 15.5. The molecule has 0 atom stereocenters. The number of rotatable bonds is 7. The minimum absolute atomic E-state index is 0.0243. The Hall–Kier alpha value is -4.24. The van der Waals surface area contributed by atoms with Crippen molar-refractivity contribution in [2.45, 2.75) is 6.54 Å². The molecule has 9 nitrogen and oxygen atoms in total. The van der Waals surface area contributed by atoms with E-state index in [4.69, 9.17) is 16.3 Å². The van der Waals surface area contributed by atoms with E-state index in [-0.39, 0.29) is 23.5 Å². The van der Waals surface area contributed by atoms with Gasteiger partial charge in [0.05, 0.1) is 34.9 Å². The maximum Gasteiger partial charge on any atom is 0.278 e. The number of methoxy groups -OCH3 is 1. The van der Waals surface area contributed by atoms with Gasteiger partial charge in [-0.3, -0.25) is 29.6 Å². The van der Waals surface area contributed by atoms with E-state index in [1.165, 1.54) is 31.4 Å². The molecule has 0 aliphatic carbocycles. The number of aromatic nitrogens is 1. The number of carbonyl (C=O) groups is 2. The van der Waals surface area contributed by atoms with Gasteiger partial charge in [-0.25, -0.2) is 0 Å². The molecule has 1 aliphatic rings. The minimum atomic E-state index is -0.550. The first-order chi connectivity index (χ1) is 15.9. The van der Waals surface area contributed by atoms with E-state index in [1.54, 1.807) is 42.6 Å². The highest BCUT2D eigenvalue weighted by Crippen LogP contribution is 2.34. The van der Waals surface area contributed by atoms with Gasteiger partial charge in [-0.2, -0.15) is 0 Å². The highest BCUT2D eigenvalue weighted by molar-refractivity contribution is 6.36. The molecule has 2 heterocycles. The van der Waals surface area contributed by atoms with Crippen LogP contribution in [0.2, 0.25) is 5.02 Å². The van der Waals surface area contributed by atoms with E-state index in [1.807, 2.05) is 0 Å². The van der Waals surface area contributed by atoms with Crippen LogP contribution in [0.1, 0.15) is 11.3 Å². The Morgan fingerprint density at radius 2 is 1.85 bits per heavy atom. The molecular weight excluding hydrogens is 448 g/mol. The molecule has 1 N–H and O–H groups in total. The second-order valence-corrected chi connectivity index (χ2v) is 7.45. The van der Waals surface area contributed by atoms with Crippen molar-refractivity contribution in [3.05, 3.63) is 99.0 Å². The summed E-state index contributed by atoms with van der Waals surface area (Å²) in [6.45, 7) is -0.0243. The first-order valence-corrected chi connectivity index (χ1v) is 10.1. The molecule has 3 aromatic rings. The van der Waals surface area contributed by atoms with Crippen LogP contribution in [-0.2, 0) is 16.1 Å². The van der Waals surface area contributed by atoms with Crippen molar-refractivity contribution < 1.29 is 19.2 Å². The molecule has 33 heavy (non-hydrogen) atoms. The molecule has 0 fully saturated rings. The number of nitrogens with one attached hydrogen (secondary N) is 1. The number of hydrogen-bond acceptors (Lipinski definition) is 7. The summed E-state index contributed by atoms with van der Waals surface area (Å²) < 4.78 is 5.15. The lowest BCUT2D eigenvalue weighted by molar-refractivity contribution is -0.384. The van der Waals surface area contributed by atoms with Crippen molar-refractivity contribution in [1.82, 2.24) is 9.88 Å². The number of nitro groups is 1.